The number of hydrogen-bond donors (Lipinski definition) is 0. The molecule has 0 bridgehead atoms. The van der Waals surface area contributed by atoms with Crippen LogP contribution in [-0.4, -0.2) is 23.1 Å². The molecule has 0 amide bonds. The molecular formula is C18H14ClFMgS. The van der Waals surface area contributed by atoms with E-state index in [2.05, 4.69) is 31.2 Å². The summed E-state index contributed by atoms with van der Waals surface area (Å²) in [6.45, 7) is 2.12. The van der Waals surface area contributed by atoms with Gasteiger partial charge in [-0.15, -0.1) is 16.9 Å². The number of rotatable bonds is 3. The molecule has 3 rings (SSSR count). The van der Waals surface area contributed by atoms with E-state index >= 15 is 0 Å². The maximum absolute atomic E-state index is 12.9. The van der Waals surface area contributed by atoms with E-state index in [4.69, 9.17) is 0 Å². The predicted molar refractivity (Wildman–Crippen MR) is 88.3 cm³/mol. The van der Waals surface area contributed by atoms with Crippen LogP contribution in [0.4, 0.5) is 4.39 Å². The van der Waals surface area contributed by atoms with Crippen molar-refractivity contribution in [1.29, 1.82) is 0 Å². The summed E-state index contributed by atoms with van der Waals surface area (Å²) in [4.78, 5) is 2.49. The van der Waals surface area contributed by atoms with Crippen molar-refractivity contribution in [2.75, 3.05) is 0 Å². The van der Waals surface area contributed by atoms with E-state index in [-0.39, 0.29) is 41.3 Å². The summed E-state index contributed by atoms with van der Waals surface area (Å²) in [7, 11) is 0. The zero-order valence-corrected chi connectivity index (χ0v) is 15.3. The molecule has 0 fully saturated rings. The monoisotopic (exact) mass is 340 g/mol. The van der Waals surface area contributed by atoms with Crippen molar-refractivity contribution in [3.8, 4) is 10.4 Å². The summed E-state index contributed by atoms with van der Waals surface area (Å²) >= 11 is 1.76. The van der Waals surface area contributed by atoms with Gasteiger partial charge in [-0.05, 0) is 41.1 Å². The van der Waals surface area contributed by atoms with Crippen LogP contribution in [0.3, 0.4) is 0 Å². The SMILES string of the molecule is Cc1cc[c-]cc1Cc1ccc(-c2ccc(F)cc2)s1.[Cl-].[Mg+2]. The van der Waals surface area contributed by atoms with Crippen LogP contribution >= 0.6 is 11.3 Å². The van der Waals surface area contributed by atoms with Crippen LogP contribution in [0.1, 0.15) is 16.0 Å². The van der Waals surface area contributed by atoms with Gasteiger partial charge >= 0.3 is 23.1 Å². The molecule has 4 heteroatoms. The van der Waals surface area contributed by atoms with Crippen LogP contribution in [0, 0.1) is 18.8 Å². The van der Waals surface area contributed by atoms with Gasteiger partial charge in [-0.1, -0.05) is 19.1 Å². The number of halogens is 2. The second-order valence-corrected chi connectivity index (χ2v) is 5.97. The topological polar surface area (TPSA) is 0 Å². The summed E-state index contributed by atoms with van der Waals surface area (Å²) < 4.78 is 12.9. The van der Waals surface area contributed by atoms with Gasteiger partial charge in [0.15, 0.2) is 0 Å². The molecule has 0 aliphatic carbocycles. The molecule has 0 unspecified atom stereocenters. The Hall–Kier alpha value is -0.874. The zero-order valence-electron chi connectivity index (χ0n) is 12.3. The van der Waals surface area contributed by atoms with Crippen molar-refractivity contribution in [3.63, 3.8) is 0 Å². The quantitative estimate of drug-likeness (QED) is 0.504. The van der Waals surface area contributed by atoms with Crippen LogP contribution in [0.15, 0.2) is 54.6 Å². The van der Waals surface area contributed by atoms with Crippen LogP contribution in [0.5, 0.6) is 0 Å². The van der Waals surface area contributed by atoms with E-state index < -0.39 is 0 Å². The van der Waals surface area contributed by atoms with Crippen molar-refractivity contribution in [1.82, 2.24) is 0 Å². The Labute approximate surface area is 157 Å². The van der Waals surface area contributed by atoms with Crippen molar-refractivity contribution >= 4 is 34.4 Å². The molecule has 22 heavy (non-hydrogen) atoms. The molecule has 0 N–H and O–H groups in total. The summed E-state index contributed by atoms with van der Waals surface area (Å²) in [5.74, 6) is -0.194. The van der Waals surface area contributed by atoms with Gasteiger partial charge < -0.3 is 12.4 Å². The largest absolute Gasteiger partial charge is 2.00 e. The van der Waals surface area contributed by atoms with Gasteiger partial charge in [0.05, 0.1) is 0 Å². The van der Waals surface area contributed by atoms with Crippen molar-refractivity contribution in [2.45, 2.75) is 13.3 Å². The molecular weight excluding hydrogens is 327 g/mol. The average Bonchev–Trinajstić information content (AvgIpc) is 2.91. The number of aryl methyl sites for hydroxylation is 1. The third kappa shape index (κ3) is 4.56. The van der Waals surface area contributed by atoms with E-state index in [1.165, 1.54) is 33.0 Å². The maximum atomic E-state index is 12.9. The maximum Gasteiger partial charge on any atom is 2.00 e. The van der Waals surface area contributed by atoms with E-state index in [9.17, 15) is 4.39 Å². The molecule has 0 saturated carbocycles. The second-order valence-electron chi connectivity index (χ2n) is 4.80. The van der Waals surface area contributed by atoms with E-state index in [1.54, 1.807) is 11.3 Å². The minimum atomic E-state index is -0.194. The first-order valence-electron chi connectivity index (χ1n) is 6.52. The van der Waals surface area contributed by atoms with Crippen molar-refractivity contribution in [2.24, 2.45) is 0 Å². The Balaban J connectivity index is 0.00000121. The molecule has 0 spiro atoms. The van der Waals surface area contributed by atoms with Gasteiger partial charge in [0.25, 0.3) is 0 Å². The minimum Gasteiger partial charge on any atom is -1.00 e. The first kappa shape index (κ1) is 19.2. The number of thiophene rings is 1. The molecule has 0 aliphatic rings. The molecule has 1 aromatic heterocycles. The summed E-state index contributed by atoms with van der Waals surface area (Å²) in [5.41, 5.74) is 3.67. The Morgan fingerprint density at radius 3 is 2.45 bits per heavy atom. The molecule has 3 aromatic rings. The Morgan fingerprint density at radius 2 is 1.77 bits per heavy atom. The van der Waals surface area contributed by atoms with Crippen molar-refractivity contribution in [3.05, 3.63) is 82.5 Å². The summed E-state index contributed by atoms with van der Waals surface area (Å²) in [6.07, 6.45) is 0.926. The number of benzene rings is 2. The third-order valence-electron chi connectivity index (χ3n) is 3.35. The normalized spacial score (nSPS) is 9.73. The average molecular weight is 341 g/mol. The third-order valence-corrected chi connectivity index (χ3v) is 4.48. The van der Waals surface area contributed by atoms with Crippen LogP contribution < -0.4 is 12.4 Å². The molecule has 0 aliphatic heterocycles. The summed E-state index contributed by atoms with van der Waals surface area (Å²) in [5, 5.41) is 0. The fourth-order valence-electron chi connectivity index (χ4n) is 2.16. The minimum absolute atomic E-state index is 0. The van der Waals surface area contributed by atoms with Gasteiger partial charge in [-0.3, -0.25) is 0 Å². The first-order valence-corrected chi connectivity index (χ1v) is 7.34. The first-order chi connectivity index (χ1) is 9.72. The van der Waals surface area contributed by atoms with Gasteiger partial charge in [0, 0.05) is 4.88 Å². The fraction of sp³-hybridized carbons (Fsp3) is 0.111. The second kappa shape index (κ2) is 8.68. The van der Waals surface area contributed by atoms with Crippen LogP contribution in [0.2, 0.25) is 0 Å². The zero-order chi connectivity index (χ0) is 13.9. The molecule has 0 atom stereocenters. The standard InChI is InChI=1S/C18H14FS.ClH.Mg/c1-13-4-2-3-5-15(13)12-17-10-11-18(20-17)14-6-8-16(19)9-7-14;;/h2,4-11H,12H2,1H3;1H;/q-1;;+2/p-1. The summed E-state index contributed by atoms with van der Waals surface area (Å²) in [6, 6.07) is 20.1. The van der Waals surface area contributed by atoms with E-state index in [1.807, 2.05) is 24.3 Å². The van der Waals surface area contributed by atoms with Gasteiger partial charge in [0.1, 0.15) is 5.82 Å². The predicted octanol–water partition coefficient (Wildman–Crippen LogP) is 1.88. The smallest absolute Gasteiger partial charge is 1.00 e. The fourth-order valence-corrected chi connectivity index (χ4v) is 3.20. The molecule has 0 saturated heterocycles. The molecule has 0 nitrogen and oxygen atoms in total. The Bertz CT molecular complexity index is 722. The molecule has 2 aromatic carbocycles. The van der Waals surface area contributed by atoms with Crippen molar-refractivity contribution < 1.29 is 16.8 Å². The Morgan fingerprint density at radius 1 is 1.05 bits per heavy atom. The van der Waals surface area contributed by atoms with Crippen LogP contribution in [0.25, 0.3) is 10.4 Å². The molecule has 1 heterocycles. The van der Waals surface area contributed by atoms with E-state index in [0.29, 0.717) is 0 Å². The number of hydrogen-bond acceptors (Lipinski definition) is 1. The van der Waals surface area contributed by atoms with Gasteiger partial charge in [-0.25, -0.2) is 4.39 Å². The Kier molecular flexibility index (Phi) is 7.56. The molecule has 108 valence electrons. The van der Waals surface area contributed by atoms with Gasteiger partial charge in [0.2, 0.25) is 0 Å². The van der Waals surface area contributed by atoms with E-state index in [0.717, 1.165) is 12.0 Å². The molecule has 0 radical (unpaired) electrons. The van der Waals surface area contributed by atoms with Gasteiger partial charge in [-0.2, -0.15) is 29.8 Å². The van der Waals surface area contributed by atoms with Crippen LogP contribution in [-0.2, 0) is 6.42 Å².